The van der Waals surface area contributed by atoms with Gasteiger partial charge in [-0.05, 0) is 38.5 Å². The second kappa shape index (κ2) is 8.51. The van der Waals surface area contributed by atoms with Crippen LogP contribution in [0.25, 0.3) is 0 Å². The third-order valence-corrected chi connectivity index (χ3v) is 4.88. The van der Waals surface area contributed by atoms with Crippen LogP contribution >= 0.6 is 0 Å². The molecule has 1 rings (SSSR count). The minimum Gasteiger partial charge on any atom is -0.388 e. The molecule has 5 heteroatoms. The molecule has 2 N–H and O–H groups in total. The number of aliphatic hydroxyl groups is 1. The van der Waals surface area contributed by atoms with Crippen molar-refractivity contribution in [2.75, 3.05) is 13.1 Å². The maximum atomic E-state index is 12.5. The van der Waals surface area contributed by atoms with Gasteiger partial charge in [0.1, 0.15) is 6.04 Å². The van der Waals surface area contributed by atoms with E-state index < -0.39 is 5.60 Å². The van der Waals surface area contributed by atoms with E-state index in [4.69, 9.17) is 0 Å². The highest BCUT2D eigenvalue weighted by Gasteiger charge is 2.33. The van der Waals surface area contributed by atoms with Crippen molar-refractivity contribution in [3.05, 3.63) is 0 Å². The fourth-order valence-corrected chi connectivity index (χ4v) is 2.86. The van der Waals surface area contributed by atoms with E-state index in [1.807, 2.05) is 20.8 Å². The minimum atomic E-state index is -0.919. The molecule has 5 nitrogen and oxygen atoms in total. The van der Waals surface area contributed by atoms with Crippen LogP contribution < -0.4 is 5.32 Å². The van der Waals surface area contributed by atoms with Gasteiger partial charge in [0, 0.05) is 19.5 Å². The number of nitrogens with one attached hydrogen (secondary N) is 1. The fourth-order valence-electron chi connectivity index (χ4n) is 2.86. The molecule has 1 aliphatic rings. The van der Waals surface area contributed by atoms with Gasteiger partial charge in [0.2, 0.25) is 11.8 Å². The number of rotatable bonds is 7. The number of nitrogens with zero attached hydrogens (tertiary/aromatic N) is 1. The molecule has 0 bridgehead atoms. The maximum Gasteiger partial charge on any atom is 0.242 e. The first-order chi connectivity index (χ1) is 10.3. The average molecular weight is 312 g/mol. The Kier molecular flexibility index (Phi) is 7.33. The van der Waals surface area contributed by atoms with Crippen molar-refractivity contribution in [2.24, 2.45) is 5.92 Å². The van der Waals surface area contributed by atoms with Gasteiger partial charge >= 0.3 is 0 Å². The molecule has 0 aromatic rings. The van der Waals surface area contributed by atoms with E-state index in [0.29, 0.717) is 19.4 Å². The van der Waals surface area contributed by atoms with Gasteiger partial charge in [-0.3, -0.25) is 9.59 Å². The van der Waals surface area contributed by atoms with E-state index in [1.165, 1.54) is 0 Å². The topological polar surface area (TPSA) is 69.6 Å². The predicted molar refractivity (Wildman–Crippen MR) is 87.3 cm³/mol. The van der Waals surface area contributed by atoms with E-state index in [-0.39, 0.29) is 30.3 Å². The van der Waals surface area contributed by atoms with Crippen LogP contribution in [0.4, 0.5) is 0 Å². The molecule has 2 amide bonds. The molecule has 0 aromatic carbocycles. The summed E-state index contributed by atoms with van der Waals surface area (Å²) in [5.74, 6) is 0.0424. The van der Waals surface area contributed by atoms with Gasteiger partial charge in [-0.25, -0.2) is 0 Å². The number of amides is 2. The largest absolute Gasteiger partial charge is 0.388 e. The minimum absolute atomic E-state index is 0.0658. The summed E-state index contributed by atoms with van der Waals surface area (Å²) in [7, 11) is 0. The zero-order chi connectivity index (χ0) is 16.8. The van der Waals surface area contributed by atoms with Gasteiger partial charge in [-0.1, -0.05) is 27.2 Å². The number of carbonyl (C=O) groups excluding carboxylic acids is 2. The van der Waals surface area contributed by atoms with Crippen molar-refractivity contribution in [3.8, 4) is 0 Å². The third kappa shape index (κ3) is 4.97. The van der Waals surface area contributed by atoms with Crippen LogP contribution in [0.3, 0.4) is 0 Å². The Bertz CT molecular complexity index is 382. The molecule has 0 aliphatic carbocycles. The zero-order valence-electron chi connectivity index (χ0n) is 14.5. The Hall–Kier alpha value is -1.10. The summed E-state index contributed by atoms with van der Waals surface area (Å²) in [5, 5.41) is 13.2. The second-order valence-corrected chi connectivity index (χ2v) is 6.73. The second-order valence-electron chi connectivity index (χ2n) is 6.73. The summed E-state index contributed by atoms with van der Waals surface area (Å²) in [4.78, 5) is 26.3. The van der Waals surface area contributed by atoms with Crippen molar-refractivity contribution in [2.45, 2.75) is 77.9 Å². The van der Waals surface area contributed by atoms with Gasteiger partial charge in [-0.2, -0.15) is 0 Å². The van der Waals surface area contributed by atoms with E-state index in [9.17, 15) is 14.7 Å². The van der Waals surface area contributed by atoms with Crippen molar-refractivity contribution in [3.63, 3.8) is 0 Å². The molecule has 1 saturated heterocycles. The molecule has 3 unspecified atom stereocenters. The van der Waals surface area contributed by atoms with Crippen LogP contribution in [0.15, 0.2) is 0 Å². The molecule has 128 valence electrons. The number of hydrogen-bond acceptors (Lipinski definition) is 3. The number of likely N-dealkylation sites (tertiary alicyclic amines) is 1. The summed E-state index contributed by atoms with van der Waals surface area (Å²) >= 11 is 0. The lowest BCUT2D eigenvalue weighted by atomic mass is 9.88. The van der Waals surface area contributed by atoms with E-state index in [2.05, 4.69) is 5.32 Å². The van der Waals surface area contributed by atoms with Crippen molar-refractivity contribution in [1.29, 1.82) is 0 Å². The summed E-state index contributed by atoms with van der Waals surface area (Å²) in [5.41, 5.74) is -0.919. The molecular formula is C17H32N2O3. The van der Waals surface area contributed by atoms with Gasteiger partial charge in [0.25, 0.3) is 0 Å². The first-order valence-corrected chi connectivity index (χ1v) is 8.63. The molecule has 0 saturated carbocycles. The van der Waals surface area contributed by atoms with Gasteiger partial charge in [0.05, 0.1) is 5.60 Å². The first-order valence-electron chi connectivity index (χ1n) is 8.63. The lowest BCUT2D eigenvalue weighted by Crippen LogP contribution is -2.54. The standard InChI is InChI=1S/C17H32N2O3/c1-5-9-15(20)19-11-8-7-10-14(19)16(21)18-12-17(4,22)13(3)6-2/h13-14,22H,5-12H2,1-4H3,(H,18,21). The monoisotopic (exact) mass is 312 g/mol. The Morgan fingerprint density at radius 1 is 1.36 bits per heavy atom. The fraction of sp³-hybridized carbons (Fsp3) is 0.882. The molecule has 0 radical (unpaired) electrons. The quantitative estimate of drug-likeness (QED) is 0.756. The number of hydrogen-bond donors (Lipinski definition) is 2. The smallest absolute Gasteiger partial charge is 0.242 e. The van der Waals surface area contributed by atoms with Gasteiger partial charge < -0.3 is 15.3 Å². The Morgan fingerprint density at radius 2 is 2.05 bits per heavy atom. The van der Waals surface area contributed by atoms with Crippen molar-refractivity contribution < 1.29 is 14.7 Å². The Balaban J connectivity index is 2.63. The first kappa shape index (κ1) is 18.9. The normalized spacial score (nSPS) is 22.8. The summed E-state index contributed by atoms with van der Waals surface area (Å²) < 4.78 is 0. The predicted octanol–water partition coefficient (Wildman–Crippen LogP) is 2.08. The van der Waals surface area contributed by atoms with Crippen molar-refractivity contribution in [1.82, 2.24) is 10.2 Å². The molecular weight excluding hydrogens is 280 g/mol. The number of piperidine rings is 1. The third-order valence-electron chi connectivity index (χ3n) is 4.88. The summed E-state index contributed by atoms with van der Waals surface area (Å²) in [6.07, 6.45) is 4.79. The van der Waals surface area contributed by atoms with Crippen LogP contribution in [-0.2, 0) is 9.59 Å². The highest BCUT2D eigenvalue weighted by molar-refractivity contribution is 5.87. The van der Waals surface area contributed by atoms with E-state index >= 15 is 0 Å². The van der Waals surface area contributed by atoms with E-state index in [1.54, 1.807) is 11.8 Å². The van der Waals surface area contributed by atoms with Gasteiger partial charge in [0.15, 0.2) is 0 Å². The van der Waals surface area contributed by atoms with Crippen LogP contribution in [0.2, 0.25) is 0 Å². The SMILES string of the molecule is CCCC(=O)N1CCCCC1C(=O)NCC(C)(O)C(C)CC. The number of carbonyl (C=O) groups is 2. The Morgan fingerprint density at radius 3 is 2.64 bits per heavy atom. The van der Waals surface area contributed by atoms with Crippen LogP contribution in [0.5, 0.6) is 0 Å². The van der Waals surface area contributed by atoms with E-state index in [0.717, 1.165) is 25.7 Å². The lowest BCUT2D eigenvalue weighted by molar-refractivity contribution is -0.142. The molecule has 0 spiro atoms. The van der Waals surface area contributed by atoms with Gasteiger partial charge in [-0.15, -0.1) is 0 Å². The lowest BCUT2D eigenvalue weighted by Gasteiger charge is -2.36. The highest BCUT2D eigenvalue weighted by Crippen LogP contribution is 2.21. The van der Waals surface area contributed by atoms with Crippen LogP contribution in [0.1, 0.15) is 66.2 Å². The average Bonchev–Trinajstić information content (AvgIpc) is 2.52. The molecule has 1 aliphatic heterocycles. The maximum absolute atomic E-state index is 12.5. The summed E-state index contributed by atoms with van der Waals surface area (Å²) in [6, 6.07) is -0.375. The molecule has 1 fully saturated rings. The summed E-state index contributed by atoms with van der Waals surface area (Å²) in [6.45, 7) is 8.62. The molecule has 0 aromatic heterocycles. The molecule has 22 heavy (non-hydrogen) atoms. The van der Waals surface area contributed by atoms with Crippen molar-refractivity contribution >= 4 is 11.8 Å². The molecule has 3 atom stereocenters. The van der Waals surface area contributed by atoms with Crippen LogP contribution in [-0.4, -0.2) is 46.6 Å². The Labute approximate surface area is 134 Å². The highest BCUT2D eigenvalue weighted by atomic mass is 16.3. The zero-order valence-corrected chi connectivity index (χ0v) is 14.5. The molecule has 1 heterocycles. The van der Waals surface area contributed by atoms with Crippen LogP contribution in [0, 0.1) is 5.92 Å².